The van der Waals surface area contributed by atoms with Gasteiger partial charge in [-0.1, -0.05) is 60.7 Å². The number of hydrogen-bond donors (Lipinski definition) is 0. The van der Waals surface area contributed by atoms with E-state index in [1.165, 1.54) is 0 Å². The summed E-state index contributed by atoms with van der Waals surface area (Å²) in [4.78, 5) is 28.9. The maximum atomic E-state index is 13.6. The zero-order valence-corrected chi connectivity index (χ0v) is 18.4. The van der Waals surface area contributed by atoms with E-state index < -0.39 is 0 Å². The molecule has 1 aliphatic rings. The number of amides is 1. The molecule has 1 aromatic heterocycles. The summed E-state index contributed by atoms with van der Waals surface area (Å²) < 4.78 is 0. The van der Waals surface area contributed by atoms with Gasteiger partial charge in [-0.05, 0) is 18.1 Å². The summed E-state index contributed by atoms with van der Waals surface area (Å²) in [5, 5.41) is 0. The Labute approximate surface area is 184 Å². The van der Waals surface area contributed by atoms with E-state index in [-0.39, 0.29) is 11.8 Å². The fourth-order valence-corrected chi connectivity index (χ4v) is 4.03. The molecule has 0 radical (unpaired) electrons. The molecule has 0 saturated carbocycles. The molecular formula is C25H29N5O. The Balaban J connectivity index is 1.52. The van der Waals surface area contributed by atoms with Crippen molar-refractivity contribution in [2.45, 2.75) is 12.8 Å². The van der Waals surface area contributed by atoms with E-state index in [4.69, 9.17) is 0 Å². The molecule has 3 aromatic rings. The van der Waals surface area contributed by atoms with Crippen molar-refractivity contribution in [2.24, 2.45) is 0 Å². The lowest BCUT2D eigenvalue weighted by Gasteiger charge is -2.37. The first-order chi connectivity index (χ1) is 15.0. The maximum absolute atomic E-state index is 13.6. The van der Waals surface area contributed by atoms with Crippen LogP contribution in [0.3, 0.4) is 0 Å². The summed E-state index contributed by atoms with van der Waals surface area (Å²) in [7, 11) is 3.96. The first-order valence-electron chi connectivity index (χ1n) is 10.7. The van der Waals surface area contributed by atoms with Gasteiger partial charge >= 0.3 is 0 Å². The molecular weight excluding hydrogens is 386 g/mol. The first kappa shape index (κ1) is 20.8. The number of nitrogens with zero attached hydrogens (tertiary/aromatic N) is 5. The number of rotatable bonds is 5. The second kappa shape index (κ2) is 9.16. The summed E-state index contributed by atoms with van der Waals surface area (Å²) in [6.07, 6.45) is 0. The number of carbonyl (C=O) groups excluding carboxylic acids is 1. The van der Waals surface area contributed by atoms with Crippen LogP contribution in [0.25, 0.3) is 0 Å². The van der Waals surface area contributed by atoms with Gasteiger partial charge in [-0.3, -0.25) is 4.79 Å². The molecule has 0 spiro atoms. The van der Waals surface area contributed by atoms with Crippen LogP contribution in [-0.2, 0) is 4.79 Å². The van der Waals surface area contributed by atoms with Crippen molar-refractivity contribution in [3.8, 4) is 0 Å². The van der Waals surface area contributed by atoms with E-state index in [2.05, 4.69) is 14.9 Å². The number of benzene rings is 2. The SMILES string of the molecule is Cc1nc(N(C)C)cc(N2CCN(C(=O)C(c3ccccc3)c3ccccc3)CC2)n1. The Morgan fingerprint density at radius 3 is 1.94 bits per heavy atom. The zero-order chi connectivity index (χ0) is 21.8. The molecule has 1 aliphatic heterocycles. The molecule has 0 atom stereocenters. The summed E-state index contributed by atoms with van der Waals surface area (Å²) in [6, 6.07) is 22.1. The van der Waals surface area contributed by atoms with Crippen LogP contribution in [0.1, 0.15) is 22.9 Å². The molecule has 6 nitrogen and oxygen atoms in total. The molecule has 160 valence electrons. The van der Waals surface area contributed by atoms with Gasteiger partial charge in [0, 0.05) is 46.3 Å². The van der Waals surface area contributed by atoms with E-state index in [0.29, 0.717) is 13.1 Å². The maximum Gasteiger partial charge on any atom is 0.234 e. The second-order valence-electron chi connectivity index (χ2n) is 8.09. The molecule has 31 heavy (non-hydrogen) atoms. The fourth-order valence-electron chi connectivity index (χ4n) is 4.03. The highest BCUT2D eigenvalue weighted by molar-refractivity contribution is 5.87. The van der Waals surface area contributed by atoms with Gasteiger partial charge in [-0.25, -0.2) is 9.97 Å². The number of carbonyl (C=O) groups is 1. The van der Waals surface area contributed by atoms with Crippen molar-refractivity contribution in [1.29, 1.82) is 0 Å². The summed E-state index contributed by atoms with van der Waals surface area (Å²) in [5.41, 5.74) is 2.06. The number of aryl methyl sites for hydroxylation is 1. The van der Waals surface area contributed by atoms with Crippen molar-refractivity contribution >= 4 is 17.5 Å². The quantitative estimate of drug-likeness (QED) is 0.640. The lowest BCUT2D eigenvalue weighted by Crippen LogP contribution is -2.50. The van der Waals surface area contributed by atoms with Gasteiger partial charge in [-0.15, -0.1) is 0 Å². The molecule has 0 N–H and O–H groups in total. The highest BCUT2D eigenvalue weighted by Gasteiger charge is 2.30. The van der Waals surface area contributed by atoms with E-state index in [1.54, 1.807) is 0 Å². The molecule has 0 unspecified atom stereocenters. The third-order valence-electron chi connectivity index (χ3n) is 5.70. The molecule has 4 rings (SSSR count). The van der Waals surface area contributed by atoms with Crippen molar-refractivity contribution in [3.63, 3.8) is 0 Å². The topological polar surface area (TPSA) is 52.6 Å². The van der Waals surface area contributed by atoms with Crippen LogP contribution in [0.5, 0.6) is 0 Å². The van der Waals surface area contributed by atoms with Gasteiger partial charge in [-0.2, -0.15) is 0 Å². The molecule has 2 heterocycles. The zero-order valence-electron chi connectivity index (χ0n) is 18.4. The average Bonchev–Trinajstić information content (AvgIpc) is 2.80. The van der Waals surface area contributed by atoms with E-state index in [1.807, 2.05) is 97.5 Å². The van der Waals surface area contributed by atoms with Gasteiger partial charge in [0.1, 0.15) is 17.5 Å². The highest BCUT2D eigenvalue weighted by Crippen LogP contribution is 2.28. The first-order valence-corrected chi connectivity index (χ1v) is 10.7. The summed E-state index contributed by atoms with van der Waals surface area (Å²) >= 11 is 0. The fraction of sp³-hybridized carbons (Fsp3) is 0.320. The Morgan fingerprint density at radius 1 is 0.871 bits per heavy atom. The summed E-state index contributed by atoms with van der Waals surface area (Å²) in [6.45, 7) is 4.78. The van der Waals surface area contributed by atoms with Crippen molar-refractivity contribution in [3.05, 3.63) is 83.7 Å². The minimum absolute atomic E-state index is 0.157. The van der Waals surface area contributed by atoms with E-state index in [0.717, 1.165) is 41.7 Å². The van der Waals surface area contributed by atoms with Crippen molar-refractivity contribution in [2.75, 3.05) is 50.1 Å². The van der Waals surface area contributed by atoms with Crippen LogP contribution in [-0.4, -0.2) is 61.0 Å². The number of piperazine rings is 1. The van der Waals surface area contributed by atoms with Crippen LogP contribution in [0.2, 0.25) is 0 Å². The standard InChI is InChI=1S/C25H29N5O/c1-19-26-22(28(2)3)18-23(27-19)29-14-16-30(17-15-29)25(31)24(20-10-6-4-7-11-20)21-12-8-5-9-13-21/h4-13,18,24H,14-17H2,1-3H3. The van der Waals surface area contributed by atoms with Gasteiger partial charge < -0.3 is 14.7 Å². The molecule has 0 bridgehead atoms. The molecule has 6 heteroatoms. The molecule has 2 aromatic carbocycles. The molecule has 1 fully saturated rings. The number of hydrogen-bond acceptors (Lipinski definition) is 5. The van der Waals surface area contributed by atoms with Crippen LogP contribution in [0, 0.1) is 6.92 Å². The van der Waals surface area contributed by atoms with Gasteiger partial charge in [0.25, 0.3) is 0 Å². The normalized spacial score (nSPS) is 14.1. The Kier molecular flexibility index (Phi) is 6.16. The van der Waals surface area contributed by atoms with E-state index in [9.17, 15) is 4.79 Å². The molecule has 1 amide bonds. The largest absolute Gasteiger partial charge is 0.363 e. The van der Waals surface area contributed by atoms with Crippen molar-refractivity contribution < 1.29 is 4.79 Å². The van der Waals surface area contributed by atoms with Crippen LogP contribution in [0.4, 0.5) is 11.6 Å². The van der Waals surface area contributed by atoms with Gasteiger partial charge in [0.05, 0.1) is 5.92 Å². The number of aromatic nitrogens is 2. The monoisotopic (exact) mass is 415 g/mol. The Bertz CT molecular complexity index is 975. The van der Waals surface area contributed by atoms with E-state index >= 15 is 0 Å². The smallest absolute Gasteiger partial charge is 0.234 e. The van der Waals surface area contributed by atoms with Crippen molar-refractivity contribution in [1.82, 2.24) is 14.9 Å². The third-order valence-corrected chi connectivity index (χ3v) is 5.70. The van der Waals surface area contributed by atoms with Crippen LogP contribution in [0.15, 0.2) is 66.7 Å². The average molecular weight is 416 g/mol. The molecule has 1 saturated heterocycles. The van der Waals surface area contributed by atoms with Crippen LogP contribution >= 0.6 is 0 Å². The van der Waals surface area contributed by atoms with Crippen LogP contribution < -0.4 is 9.80 Å². The highest BCUT2D eigenvalue weighted by atomic mass is 16.2. The summed E-state index contributed by atoms with van der Waals surface area (Å²) in [5.74, 6) is 2.45. The second-order valence-corrected chi connectivity index (χ2v) is 8.09. The molecule has 0 aliphatic carbocycles. The Hall–Kier alpha value is -3.41. The Morgan fingerprint density at radius 2 is 1.42 bits per heavy atom. The third kappa shape index (κ3) is 4.68. The minimum Gasteiger partial charge on any atom is -0.363 e. The lowest BCUT2D eigenvalue weighted by molar-refractivity contribution is -0.132. The lowest BCUT2D eigenvalue weighted by atomic mass is 9.90. The van der Waals surface area contributed by atoms with Gasteiger partial charge in [0.2, 0.25) is 5.91 Å². The predicted octanol–water partition coefficient (Wildman–Crippen LogP) is 3.33. The minimum atomic E-state index is -0.282. The van der Waals surface area contributed by atoms with Gasteiger partial charge in [0.15, 0.2) is 0 Å². The number of anilines is 2. The predicted molar refractivity (Wildman–Crippen MR) is 125 cm³/mol.